The van der Waals surface area contributed by atoms with Crippen LogP contribution in [0.4, 0.5) is 18.9 Å². The van der Waals surface area contributed by atoms with Crippen LogP contribution in [0.3, 0.4) is 0 Å². The smallest absolute Gasteiger partial charge is 0.392 e. The lowest BCUT2D eigenvalue weighted by Crippen LogP contribution is -2.57. The largest absolute Gasteiger partial charge is 0.418 e. The van der Waals surface area contributed by atoms with Crippen molar-refractivity contribution in [1.29, 1.82) is 0 Å². The third-order valence-corrected chi connectivity index (χ3v) is 4.33. The molecule has 0 spiro atoms. The second-order valence-electron chi connectivity index (χ2n) is 5.46. The van der Waals surface area contributed by atoms with Crippen LogP contribution in [0, 0.1) is 5.41 Å². The van der Waals surface area contributed by atoms with Crippen LogP contribution < -0.4 is 5.32 Å². The molecule has 2 nitrogen and oxygen atoms in total. The van der Waals surface area contributed by atoms with E-state index in [1.54, 1.807) is 0 Å². The molecule has 19 heavy (non-hydrogen) atoms. The first-order chi connectivity index (χ1) is 8.62. The number of alkyl halides is 3. The number of hydrogen-bond acceptors (Lipinski definition) is 2. The molecular formula is C13H15BrF3NO. The molecule has 0 amide bonds. The molecule has 0 aliphatic heterocycles. The first-order valence-electron chi connectivity index (χ1n) is 5.93. The van der Waals surface area contributed by atoms with Crippen molar-refractivity contribution in [3.63, 3.8) is 0 Å². The van der Waals surface area contributed by atoms with Gasteiger partial charge < -0.3 is 10.4 Å². The van der Waals surface area contributed by atoms with Crippen LogP contribution in [0.25, 0.3) is 0 Å². The maximum Gasteiger partial charge on any atom is 0.418 e. The fraction of sp³-hybridized carbons (Fsp3) is 0.538. The minimum atomic E-state index is -4.39. The molecule has 1 aliphatic rings. The molecule has 1 saturated carbocycles. The first kappa shape index (κ1) is 14.7. The highest BCUT2D eigenvalue weighted by atomic mass is 79.9. The van der Waals surface area contributed by atoms with Crippen LogP contribution in [-0.2, 0) is 6.18 Å². The molecule has 0 bridgehead atoms. The third-order valence-electron chi connectivity index (χ3n) is 3.83. The highest BCUT2D eigenvalue weighted by Gasteiger charge is 2.48. The highest BCUT2D eigenvalue weighted by Crippen LogP contribution is 2.44. The van der Waals surface area contributed by atoms with Crippen LogP contribution in [0.5, 0.6) is 0 Å². The Morgan fingerprint density at radius 1 is 1.37 bits per heavy atom. The summed E-state index contributed by atoms with van der Waals surface area (Å²) in [5.74, 6) is 0. The Morgan fingerprint density at radius 2 is 2.00 bits per heavy atom. The summed E-state index contributed by atoms with van der Waals surface area (Å²) in [5, 5.41) is 12.5. The second kappa shape index (κ2) is 4.66. The van der Waals surface area contributed by atoms with E-state index in [0.29, 0.717) is 10.9 Å². The van der Waals surface area contributed by atoms with Gasteiger partial charge in [-0.25, -0.2) is 0 Å². The van der Waals surface area contributed by atoms with Crippen molar-refractivity contribution in [3.8, 4) is 0 Å². The van der Waals surface area contributed by atoms with Gasteiger partial charge in [-0.3, -0.25) is 0 Å². The van der Waals surface area contributed by atoms with Gasteiger partial charge in [0.15, 0.2) is 0 Å². The Bertz CT molecular complexity index is 487. The minimum Gasteiger partial charge on any atom is -0.392 e. The molecule has 1 fully saturated rings. The predicted octanol–water partition coefficient (Wildman–Crippen LogP) is 4.04. The Morgan fingerprint density at radius 3 is 2.47 bits per heavy atom. The number of halogens is 4. The van der Waals surface area contributed by atoms with Gasteiger partial charge >= 0.3 is 6.18 Å². The van der Waals surface area contributed by atoms with Gasteiger partial charge in [0.25, 0.3) is 0 Å². The number of benzene rings is 1. The normalized spacial score (nSPS) is 25.8. The van der Waals surface area contributed by atoms with Crippen molar-refractivity contribution in [1.82, 2.24) is 0 Å². The Balaban J connectivity index is 2.28. The van der Waals surface area contributed by atoms with E-state index in [1.807, 2.05) is 13.8 Å². The van der Waals surface area contributed by atoms with Gasteiger partial charge in [-0.15, -0.1) is 0 Å². The first-order valence-corrected chi connectivity index (χ1v) is 6.73. The van der Waals surface area contributed by atoms with Gasteiger partial charge in [0.1, 0.15) is 0 Å². The summed E-state index contributed by atoms with van der Waals surface area (Å²) in [5.41, 5.74) is -1.06. The Labute approximate surface area is 118 Å². The van der Waals surface area contributed by atoms with E-state index < -0.39 is 23.3 Å². The molecule has 1 aromatic rings. The van der Waals surface area contributed by atoms with Crippen LogP contribution in [0.2, 0.25) is 0 Å². The SMILES string of the molecule is CC1(C)C(O)CC1Nc1cc(Br)ccc1C(F)(F)F. The highest BCUT2D eigenvalue weighted by molar-refractivity contribution is 9.10. The monoisotopic (exact) mass is 337 g/mol. The fourth-order valence-electron chi connectivity index (χ4n) is 2.22. The van der Waals surface area contributed by atoms with Gasteiger partial charge in [-0.1, -0.05) is 29.8 Å². The second-order valence-corrected chi connectivity index (χ2v) is 6.37. The van der Waals surface area contributed by atoms with E-state index in [1.165, 1.54) is 12.1 Å². The van der Waals surface area contributed by atoms with Gasteiger partial charge in [0.2, 0.25) is 0 Å². The number of anilines is 1. The molecule has 0 heterocycles. The zero-order chi connectivity index (χ0) is 14.4. The Kier molecular flexibility index (Phi) is 3.60. The van der Waals surface area contributed by atoms with Gasteiger partial charge in [0.05, 0.1) is 11.7 Å². The topological polar surface area (TPSA) is 32.3 Å². The van der Waals surface area contributed by atoms with Crippen LogP contribution >= 0.6 is 15.9 Å². The van der Waals surface area contributed by atoms with Crippen molar-refractivity contribution in [2.24, 2.45) is 5.41 Å². The summed E-state index contributed by atoms with van der Waals surface area (Å²) in [7, 11) is 0. The average Bonchev–Trinajstić information content (AvgIpc) is 2.27. The van der Waals surface area contributed by atoms with E-state index in [2.05, 4.69) is 21.2 Å². The summed E-state index contributed by atoms with van der Waals surface area (Å²) in [6, 6.07) is 3.67. The zero-order valence-corrected chi connectivity index (χ0v) is 12.1. The van der Waals surface area contributed by atoms with Crippen LogP contribution in [0.15, 0.2) is 22.7 Å². The third kappa shape index (κ3) is 2.74. The molecule has 6 heteroatoms. The van der Waals surface area contributed by atoms with E-state index in [-0.39, 0.29) is 11.7 Å². The van der Waals surface area contributed by atoms with Crippen molar-refractivity contribution in [3.05, 3.63) is 28.2 Å². The molecule has 1 aliphatic carbocycles. The van der Waals surface area contributed by atoms with E-state index in [0.717, 1.165) is 6.07 Å². The van der Waals surface area contributed by atoms with E-state index in [4.69, 9.17) is 0 Å². The fourth-order valence-corrected chi connectivity index (χ4v) is 2.58. The maximum atomic E-state index is 12.9. The molecule has 2 atom stereocenters. The van der Waals surface area contributed by atoms with Crippen LogP contribution in [-0.4, -0.2) is 17.3 Å². The van der Waals surface area contributed by atoms with Crippen molar-refractivity contribution < 1.29 is 18.3 Å². The number of aliphatic hydroxyl groups excluding tert-OH is 1. The zero-order valence-electron chi connectivity index (χ0n) is 10.6. The number of aliphatic hydroxyl groups is 1. The van der Waals surface area contributed by atoms with Crippen molar-refractivity contribution in [2.75, 3.05) is 5.32 Å². The van der Waals surface area contributed by atoms with E-state index in [9.17, 15) is 18.3 Å². The quantitative estimate of drug-likeness (QED) is 0.853. The molecule has 106 valence electrons. The van der Waals surface area contributed by atoms with E-state index >= 15 is 0 Å². The number of rotatable bonds is 2. The van der Waals surface area contributed by atoms with Gasteiger partial charge in [-0.05, 0) is 24.6 Å². The molecule has 0 radical (unpaired) electrons. The molecule has 2 N–H and O–H groups in total. The lowest BCUT2D eigenvalue weighted by molar-refractivity contribution is -0.137. The molecule has 0 aromatic heterocycles. The summed E-state index contributed by atoms with van der Waals surface area (Å²) < 4.78 is 39.3. The molecule has 0 saturated heterocycles. The molecule has 2 rings (SSSR count). The number of hydrogen-bond donors (Lipinski definition) is 2. The van der Waals surface area contributed by atoms with Gasteiger partial charge in [0, 0.05) is 21.6 Å². The van der Waals surface area contributed by atoms with Crippen molar-refractivity contribution in [2.45, 2.75) is 38.6 Å². The maximum absolute atomic E-state index is 12.9. The molecule has 2 unspecified atom stereocenters. The summed E-state index contributed by atoms with van der Waals surface area (Å²) in [6.07, 6.45) is -4.42. The number of nitrogens with one attached hydrogen (secondary N) is 1. The molecular weight excluding hydrogens is 323 g/mol. The molecule has 1 aromatic carbocycles. The van der Waals surface area contributed by atoms with Crippen molar-refractivity contribution >= 4 is 21.6 Å². The summed E-state index contributed by atoms with van der Waals surface area (Å²) >= 11 is 3.18. The predicted molar refractivity (Wildman–Crippen MR) is 71.0 cm³/mol. The minimum absolute atomic E-state index is 0.0480. The lowest BCUT2D eigenvalue weighted by Gasteiger charge is -2.50. The Hall–Kier alpha value is -0.750. The van der Waals surface area contributed by atoms with Crippen LogP contribution in [0.1, 0.15) is 25.8 Å². The lowest BCUT2D eigenvalue weighted by atomic mass is 9.64. The van der Waals surface area contributed by atoms with Gasteiger partial charge in [-0.2, -0.15) is 13.2 Å². The standard InChI is InChI=1S/C13H15BrF3NO/c1-12(2)10(6-11(12)19)18-9-5-7(14)3-4-8(9)13(15,16)17/h3-5,10-11,18-19H,6H2,1-2H3. The summed E-state index contributed by atoms with van der Waals surface area (Å²) in [4.78, 5) is 0. The average molecular weight is 338 g/mol. The summed E-state index contributed by atoms with van der Waals surface area (Å²) in [6.45, 7) is 3.67.